The molecule has 0 spiro atoms. The zero-order valence-corrected chi connectivity index (χ0v) is 23.9. The number of fused-ring (bicyclic) bond motifs is 5. The Morgan fingerprint density at radius 1 is 0.903 bits per heavy atom. The highest BCUT2D eigenvalue weighted by Crippen LogP contribution is 2.66. The summed E-state index contributed by atoms with van der Waals surface area (Å²) in [6.07, 6.45) is 15.5. The molecule has 0 aromatic heterocycles. The van der Waals surface area contributed by atoms with Crippen molar-refractivity contribution in [3.05, 3.63) is 11.6 Å². The first-order chi connectivity index (χ1) is 14.3. The van der Waals surface area contributed by atoms with Crippen LogP contribution in [0.1, 0.15) is 71.6 Å². The van der Waals surface area contributed by atoms with Gasteiger partial charge in [-0.2, -0.15) is 0 Å². The van der Waals surface area contributed by atoms with Crippen molar-refractivity contribution in [2.45, 2.75) is 117 Å². The van der Waals surface area contributed by atoms with Crippen LogP contribution in [0.3, 0.4) is 0 Å². The Balaban J connectivity index is 1.45. The van der Waals surface area contributed by atoms with Gasteiger partial charge in [0.25, 0.3) is 0 Å². The third-order valence-electron chi connectivity index (χ3n) is 9.78. The smallest absolute Gasteiger partial charge is 0.184 e. The van der Waals surface area contributed by atoms with E-state index in [0.717, 1.165) is 30.3 Å². The molecule has 0 bridgehead atoms. The minimum atomic E-state index is -1.45. The van der Waals surface area contributed by atoms with Crippen LogP contribution in [0.4, 0.5) is 0 Å². The molecule has 0 aliphatic heterocycles. The third kappa shape index (κ3) is 4.83. The van der Waals surface area contributed by atoms with Gasteiger partial charge in [-0.25, -0.2) is 0 Å². The van der Waals surface area contributed by atoms with Gasteiger partial charge in [0.15, 0.2) is 16.6 Å². The first kappa shape index (κ1) is 24.2. The molecule has 0 aromatic carbocycles. The lowest BCUT2D eigenvalue weighted by Crippen LogP contribution is -2.51. The van der Waals surface area contributed by atoms with Crippen molar-refractivity contribution in [3.8, 4) is 0 Å². The highest BCUT2D eigenvalue weighted by Gasteiger charge is 2.58. The summed E-state index contributed by atoms with van der Waals surface area (Å²) < 4.78 is 12.8. The van der Waals surface area contributed by atoms with E-state index in [4.69, 9.17) is 8.85 Å². The number of hydrogen-bond acceptors (Lipinski definition) is 2. The summed E-state index contributed by atoms with van der Waals surface area (Å²) in [7, 11) is -2.84. The molecule has 31 heavy (non-hydrogen) atoms. The Labute approximate surface area is 195 Å². The maximum absolute atomic E-state index is 6.56. The van der Waals surface area contributed by atoms with Crippen molar-refractivity contribution in [1.29, 1.82) is 0 Å². The van der Waals surface area contributed by atoms with E-state index < -0.39 is 16.6 Å². The maximum atomic E-state index is 6.56. The number of hydrogen-bond donors (Lipinski definition) is 0. The quantitative estimate of drug-likeness (QED) is 0.294. The van der Waals surface area contributed by atoms with Gasteiger partial charge in [0.1, 0.15) is 0 Å². The van der Waals surface area contributed by atoms with Crippen molar-refractivity contribution in [3.63, 3.8) is 0 Å². The second-order valence-corrected chi connectivity index (χ2v) is 22.9. The average molecular weight is 463 g/mol. The Hall–Kier alpha value is 0.0938. The summed E-state index contributed by atoms with van der Waals surface area (Å²) in [4.78, 5) is 0. The van der Waals surface area contributed by atoms with Crippen LogP contribution in [0.25, 0.3) is 0 Å². The van der Waals surface area contributed by atoms with Crippen LogP contribution >= 0.6 is 0 Å². The van der Waals surface area contributed by atoms with Crippen molar-refractivity contribution < 1.29 is 8.85 Å². The van der Waals surface area contributed by atoms with Gasteiger partial charge in [-0.05, 0) is 132 Å². The molecule has 3 saturated carbocycles. The van der Waals surface area contributed by atoms with Gasteiger partial charge in [-0.3, -0.25) is 0 Å². The molecule has 0 heterocycles. The molecule has 0 amide bonds. The van der Waals surface area contributed by atoms with E-state index >= 15 is 0 Å². The minimum Gasteiger partial charge on any atom is -0.418 e. The summed E-state index contributed by atoms with van der Waals surface area (Å²) in [5, 5.41) is 0. The number of allylic oxidation sites excluding steroid dienone is 1. The van der Waals surface area contributed by atoms with Crippen LogP contribution < -0.4 is 0 Å². The summed E-state index contributed by atoms with van der Waals surface area (Å²) in [6, 6.07) is 0. The fourth-order valence-electron chi connectivity index (χ4n) is 8.32. The highest BCUT2D eigenvalue weighted by atomic mass is 28.4. The zero-order chi connectivity index (χ0) is 22.7. The Kier molecular flexibility index (Phi) is 6.56. The molecule has 2 nitrogen and oxygen atoms in total. The average Bonchev–Trinajstić information content (AvgIpc) is 2.96. The summed E-state index contributed by atoms with van der Waals surface area (Å²) in [6.45, 7) is 20.3. The van der Waals surface area contributed by atoms with Crippen molar-refractivity contribution in [2.24, 2.45) is 34.5 Å². The molecule has 4 aliphatic carbocycles. The van der Waals surface area contributed by atoms with E-state index in [-0.39, 0.29) is 0 Å². The SMILES string of the molecule is CC12CCC(O[Si](C)(C)C)CC1=CCC1C2CCC2(C)C(CCO[Si](C)(C)C)CCC12. The normalized spacial score (nSPS) is 43.1. The maximum Gasteiger partial charge on any atom is 0.184 e. The molecule has 0 aromatic rings. The monoisotopic (exact) mass is 462 g/mol. The van der Waals surface area contributed by atoms with Crippen LogP contribution in [0.5, 0.6) is 0 Å². The predicted octanol–water partition coefficient (Wildman–Crippen LogP) is 8.03. The van der Waals surface area contributed by atoms with Crippen molar-refractivity contribution in [1.82, 2.24) is 0 Å². The summed E-state index contributed by atoms with van der Waals surface area (Å²) >= 11 is 0. The van der Waals surface area contributed by atoms with Crippen molar-refractivity contribution >= 4 is 16.6 Å². The standard InChI is InChI=1S/C27H50O2Si2/c1-26-17-14-25-23(24(26)12-10-20(26)15-18-28-30(3,4)5)11-9-21-19-22(29-31(6,7)8)13-16-27(21,25)2/h9,20,22-25H,10-19H2,1-8H3. The lowest BCUT2D eigenvalue weighted by Gasteiger charge is -2.58. The molecule has 4 rings (SSSR count). The summed E-state index contributed by atoms with van der Waals surface area (Å²) in [5.41, 5.74) is 2.77. The van der Waals surface area contributed by atoms with Crippen LogP contribution in [0, 0.1) is 34.5 Å². The zero-order valence-electron chi connectivity index (χ0n) is 21.9. The molecule has 4 aliphatic rings. The molecule has 0 saturated heterocycles. The lowest BCUT2D eigenvalue weighted by atomic mass is 9.47. The van der Waals surface area contributed by atoms with Gasteiger partial charge in [0.05, 0.1) is 0 Å². The Morgan fingerprint density at radius 3 is 2.32 bits per heavy atom. The van der Waals surface area contributed by atoms with Crippen molar-refractivity contribution in [2.75, 3.05) is 6.61 Å². The molecule has 3 fully saturated rings. The van der Waals surface area contributed by atoms with Crippen LogP contribution in [0.15, 0.2) is 11.6 Å². The molecular formula is C27H50O2Si2. The van der Waals surface area contributed by atoms with Gasteiger partial charge in [-0.15, -0.1) is 0 Å². The number of rotatable bonds is 6. The Morgan fingerprint density at radius 2 is 1.65 bits per heavy atom. The molecule has 4 heteroatoms. The van der Waals surface area contributed by atoms with E-state index in [1.54, 1.807) is 5.57 Å². The van der Waals surface area contributed by atoms with Crippen LogP contribution in [-0.4, -0.2) is 29.3 Å². The first-order valence-corrected chi connectivity index (χ1v) is 20.1. The Bertz CT molecular complexity index is 690. The molecular weight excluding hydrogens is 412 g/mol. The van der Waals surface area contributed by atoms with E-state index in [1.165, 1.54) is 57.8 Å². The molecule has 7 unspecified atom stereocenters. The van der Waals surface area contributed by atoms with Crippen LogP contribution in [-0.2, 0) is 8.85 Å². The fraction of sp³-hybridized carbons (Fsp3) is 0.926. The second-order valence-electron chi connectivity index (χ2n) is 13.9. The van der Waals surface area contributed by atoms with E-state index in [2.05, 4.69) is 59.2 Å². The lowest BCUT2D eigenvalue weighted by molar-refractivity contribution is -0.0507. The van der Waals surface area contributed by atoms with E-state index in [0.29, 0.717) is 16.9 Å². The van der Waals surface area contributed by atoms with Gasteiger partial charge in [-0.1, -0.05) is 25.5 Å². The summed E-state index contributed by atoms with van der Waals surface area (Å²) in [5.74, 6) is 3.66. The third-order valence-corrected chi connectivity index (χ3v) is 11.9. The van der Waals surface area contributed by atoms with Crippen LogP contribution in [0.2, 0.25) is 39.3 Å². The molecule has 0 radical (unpaired) electrons. The highest BCUT2D eigenvalue weighted by molar-refractivity contribution is 6.70. The first-order valence-electron chi connectivity index (χ1n) is 13.3. The van der Waals surface area contributed by atoms with Gasteiger partial charge in [0, 0.05) is 12.7 Å². The van der Waals surface area contributed by atoms with E-state index in [9.17, 15) is 0 Å². The van der Waals surface area contributed by atoms with Gasteiger partial charge >= 0.3 is 0 Å². The molecule has 0 N–H and O–H groups in total. The predicted molar refractivity (Wildman–Crippen MR) is 137 cm³/mol. The largest absolute Gasteiger partial charge is 0.418 e. The topological polar surface area (TPSA) is 18.5 Å². The van der Waals surface area contributed by atoms with Gasteiger partial charge < -0.3 is 8.85 Å². The minimum absolute atomic E-state index is 0.447. The van der Waals surface area contributed by atoms with E-state index in [1.807, 2.05) is 0 Å². The molecule has 7 atom stereocenters. The fourth-order valence-corrected chi connectivity index (χ4v) is 10.2. The van der Waals surface area contributed by atoms with Gasteiger partial charge in [0.2, 0.25) is 0 Å². The molecule has 178 valence electrons. The second kappa shape index (κ2) is 8.39.